The SMILES string of the molecule is CN(C)CCCCCCNC(=O)Nc1ccc2ccccc2c1. The fourth-order valence-corrected chi connectivity index (χ4v) is 2.55. The summed E-state index contributed by atoms with van der Waals surface area (Å²) in [6.07, 6.45) is 4.62. The van der Waals surface area contributed by atoms with Crippen molar-refractivity contribution < 1.29 is 4.79 Å². The Hall–Kier alpha value is -2.07. The van der Waals surface area contributed by atoms with E-state index in [0.717, 1.165) is 37.0 Å². The molecule has 0 fully saturated rings. The predicted octanol–water partition coefficient (Wildman–Crippen LogP) is 4.08. The number of fused-ring (bicyclic) bond motifs is 1. The molecule has 0 aliphatic carbocycles. The van der Waals surface area contributed by atoms with Crippen LogP contribution < -0.4 is 10.6 Å². The molecule has 4 heteroatoms. The van der Waals surface area contributed by atoms with Gasteiger partial charge in [0, 0.05) is 12.2 Å². The summed E-state index contributed by atoms with van der Waals surface area (Å²) in [4.78, 5) is 14.1. The predicted molar refractivity (Wildman–Crippen MR) is 98.0 cm³/mol. The van der Waals surface area contributed by atoms with Crippen LogP contribution in [0.4, 0.5) is 10.5 Å². The Kier molecular flexibility index (Phi) is 6.88. The number of amides is 2. The molecule has 2 amide bonds. The number of rotatable bonds is 8. The number of anilines is 1. The number of unbranched alkanes of at least 4 members (excludes halogenated alkanes) is 3. The Morgan fingerprint density at radius 2 is 1.70 bits per heavy atom. The molecule has 0 bridgehead atoms. The Morgan fingerprint density at radius 3 is 2.48 bits per heavy atom. The second-order valence-corrected chi connectivity index (χ2v) is 6.16. The highest BCUT2D eigenvalue weighted by Crippen LogP contribution is 2.18. The van der Waals surface area contributed by atoms with Crippen molar-refractivity contribution in [2.24, 2.45) is 0 Å². The lowest BCUT2D eigenvalue weighted by molar-refractivity contribution is 0.252. The maximum Gasteiger partial charge on any atom is 0.319 e. The van der Waals surface area contributed by atoms with Gasteiger partial charge in [0.2, 0.25) is 0 Å². The normalized spacial score (nSPS) is 10.9. The highest BCUT2D eigenvalue weighted by Gasteiger charge is 2.02. The molecular weight excluding hydrogens is 286 g/mol. The molecular formula is C19H27N3O. The number of benzene rings is 2. The number of nitrogens with one attached hydrogen (secondary N) is 2. The van der Waals surface area contributed by atoms with Crippen LogP contribution in [0.3, 0.4) is 0 Å². The van der Waals surface area contributed by atoms with Gasteiger partial charge in [-0.1, -0.05) is 43.2 Å². The van der Waals surface area contributed by atoms with Crippen molar-refractivity contribution in [3.63, 3.8) is 0 Å². The van der Waals surface area contributed by atoms with Crippen LogP contribution in [0.25, 0.3) is 10.8 Å². The van der Waals surface area contributed by atoms with Crippen LogP contribution in [0, 0.1) is 0 Å². The summed E-state index contributed by atoms with van der Waals surface area (Å²) in [5.74, 6) is 0. The Bertz CT molecular complexity index is 625. The lowest BCUT2D eigenvalue weighted by Crippen LogP contribution is -2.29. The third-order valence-corrected chi connectivity index (χ3v) is 3.82. The zero-order chi connectivity index (χ0) is 16.5. The summed E-state index contributed by atoms with van der Waals surface area (Å²) in [7, 11) is 4.19. The van der Waals surface area contributed by atoms with Crippen molar-refractivity contribution in [2.75, 3.05) is 32.5 Å². The first-order chi connectivity index (χ1) is 11.1. The van der Waals surface area contributed by atoms with Crippen molar-refractivity contribution in [3.8, 4) is 0 Å². The number of carbonyl (C=O) groups is 1. The number of hydrogen-bond acceptors (Lipinski definition) is 2. The molecule has 23 heavy (non-hydrogen) atoms. The molecule has 4 nitrogen and oxygen atoms in total. The van der Waals surface area contributed by atoms with Gasteiger partial charge >= 0.3 is 6.03 Å². The van der Waals surface area contributed by atoms with Crippen molar-refractivity contribution in [2.45, 2.75) is 25.7 Å². The van der Waals surface area contributed by atoms with E-state index in [1.807, 2.05) is 36.4 Å². The van der Waals surface area contributed by atoms with E-state index in [0.29, 0.717) is 0 Å². The first-order valence-electron chi connectivity index (χ1n) is 8.33. The standard InChI is InChI=1S/C19H27N3O/c1-22(2)14-8-4-3-7-13-20-19(23)21-18-12-11-16-9-5-6-10-17(16)15-18/h5-6,9-12,15H,3-4,7-8,13-14H2,1-2H3,(H2,20,21,23). The van der Waals surface area contributed by atoms with Gasteiger partial charge in [0.1, 0.15) is 0 Å². The van der Waals surface area contributed by atoms with Crippen LogP contribution in [0.1, 0.15) is 25.7 Å². The molecule has 0 spiro atoms. The summed E-state index contributed by atoms with van der Waals surface area (Å²) in [5.41, 5.74) is 0.826. The topological polar surface area (TPSA) is 44.4 Å². The number of nitrogens with zero attached hydrogens (tertiary/aromatic N) is 1. The van der Waals surface area contributed by atoms with E-state index in [1.54, 1.807) is 0 Å². The fourth-order valence-electron chi connectivity index (χ4n) is 2.55. The summed E-state index contributed by atoms with van der Waals surface area (Å²) < 4.78 is 0. The summed E-state index contributed by atoms with van der Waals surface area (Å²) in [6, 6.07) is 14.0. The molecule has 0 aromatic heterocycles. The van der Waals surface area contributed by atoms with E-state index >= 15 is 0 Å². The lowest BCUT2D eigenvalue weighted by Gasteiger charge is -2.10. The van der Waals surface area contributed by atoms with E-state index in [-0.39, 0.29) is 6.03 Å². The van der Waals surface area contributed by atoms with Crippen LogP contribution >= 0.6 is 0 Å². The molecule has 0 radical (unpaired) electrons. The van der Waals surface area contributed by atoms with Crippen LogP contribution in [-0.2, 0) is 0 Å². The first kappa shape index (κ1) is 17.3. The van der Waals surface area contributed by atoms with E-state index in [2.05, 4.69) is 35.7 Å². The summed E-state index contributed by atoms with van der Waals surface area (Å²) >= 11 is 0. The van der Waals surface area contributed by atoms with Crippen LogP contribution in [0.15, 0.2) is 42.5 Å². The molecule has 124 valence electrons. The monoisotopic (exact) mass is 313 g/mol. The average molecular weight is 313 g/mol. The minimum Gasteiger partial charge on any atom is -0.338 e. The maximum absolute atomic E-state index is 11.9. The molecule has 2 aromatic rings. The minimum absolute atomic E-state index is 0.131. The number of carbonyl (C=O) groups excluding carboxylic acids is 1. The molecule has 0 unspecified atom stereocenters. The molecule has 0 saturated carbocycles. The first-order valence-corrected chi connectivity index (χ1v) is 8.33. The van der Waals surface area contributed by atoms with E-state index in [4.69, 9.17) is 0 Å². The third kappa shape index (κ3) is 6.28. The van der Waals surface area contributed by atoms with Gasteiger partial charge in [0.25, 0.3) is 0 Å². The van der Waals surface area contributed by atoms with Gasteiger partial charge in [-0.3, -0.25) is 0 Å². The van der Waals surface area contributed by atoms with Gasteiger partial charge in [0.15, 0.2) is 0 Å². The van der Waals surface area contributed by atoms with Crippen molar-refractivity contribution in [1.29, 1.82) is 0 Å². The van der Waals surface area contributed by atoms with Crippen LogP contribution in [0.2, 0.25) is 0 Å². The van der Waals surface area contributed by atoms with Crippen molar-refractivity contribution in [1.82, 2.24) is 10.2 Å². The second kappa shape index (κ2) is 9.16. The van der Waals surface area contributed by atoms with Gasteiger partial charge < -0.3 is 15.5 Å². The summed E-state index contributed by atoms with van der Waals surface area (Å²) in [5, 5.41) is 8.12. The van der Waals surface area contributed by atoms with Gasteiger partial charge in [-0.2, -0.15) is 0 Å². The fraction of sp³-hybridized carbons (Fsp3) is 0.421. The van der Waals surface area contributed by atoms with E-state index in [1.165, 1.54) is 18.2 Å². The highest BCUT2D eigenvalue weighted by molar-refractivity contribution is 5.93. The van der Waals surface area contributed by atoms with Crippen molar-refractivity contribution in [3.05, 3.63) is 42.5 Å². The molecule has 0 heterocycles. The largest absolute Gasteiger partial charge is 0.338 e. The zero-order valence-corrected chi connectivity index (χ0v) is 14.1. The van der Waals surface area contributed by atoms with Gasteiger partial charge in [0.05, 0.1) is 0 Å². The third-order valence-electron chi connectivity index (χ3n) is 3.82. The molecule has 0 aliphatic rings. The minimum atomic E-state index is -0.131. The molecule has 2 aromatic carbocycles. The number of hydrogen-bond donors (Lipinski definition) is 2. The van der Waals surface area contributed by atoms with Crippen LogP contribution in [-0.4, -0.2) is 38.1 Å². The Labute approximate surface area is 138 Å². The zero-order valence-electron chi connectivity index (χ0n) is 14.1. The van der Waals surface area contributed by atoms with E-state index < -0.39 is 0 Å². The van der Waals surface area contributed by atoms with Gasteiger partial charge in [-0.15, -0.1) is 0 Å². The smallest absolute Gasteiger partial charge is 0.319 e. The van der Waals surface area contributed by atoms with Crippen molar-refractivity contribution >= 4 is 22.5 Å². The molecule has 2 rings (SSSR count). The van der Waals surface area contributed by atoms with Gasteiger partial charge in [-0.05, 0) is 56.4 Å². The molecule has 0 saturated heterocycles. The molecule has 2 N–H and O–H groups in total. The van der Waals surface area contributed by atoms with E-state index in [9.17, 15) is 4.79 Å². The summed E-state index contributed by atoms with van der Waals surface area (Å²) in [6.45, 7) is 1.86. The Morgan fingerprint density at radius 1 is 0.957 bits per heavy atom. The number of urea groups is 1. The van der Waals surface area contributed by atoms with Gasteiger partial charge in [-0.25, -0.2) is 4.79 Å². The quantitative estimate of drug-likeness (QED) is 0.721. The second-order valence-electron chi connectivity index (χ2n) is 6.16. The molecule has 0 atom stereocenters. The molecule has 0 aliphatic heterocycles. The average Bonchev–Trinajstić information content (AvgIpc) is 2.53. The Balaban J connectivity index is 1.66. The maximum atomic E-state index is 11.9. The van der Waals surface area contributed by atoms with Crippen LogP contribution in [0.5, 0.6) is 0 Å². The lowest BCUT2D eigenvalue weighted by atomic mass is 10.1. The highest BCUT2D eigenvalue weighted by atomic mass is 16.2.